The number of nitrogens with one attached hydrogen (secondary N) is 1. The molecule has 3 N–H and O–H groups in total. The van der Waals surface area contributed by atoms with Gasteiger partial charge in [-0.1, -0.05) is 91.3 Å². The summed E-state index contributed by atoms with van der Waals surface area (Å²) in [6.45, 7) is 0. The van der Waals surface area contributed by atoms with Gasteiger partial charge >= 0.3 is 0 Å². The summed E-state index contributed by atoms with van der Waals surface area (Å²) in [5.41, 5.74) is 14.4. The number of aromatic amines is 1. The van der Waals surface area contributed by atoms with Crippen LogP contribution in [-0.2, 0) is 0 Å². The van der Waals surface area contributed by atoms with E-state index in [4.69, 9.17) is 5.73 Å². The first-order chi connectivity index (χ1) is 17.3. The van der Waals surface area contributed by atoms with Gasteiger partial charge in [0.05, 0.1) is 0 Å². The number of hydrogen-bond acceptors (Lipinski definition) is 4. The van der Waals surface area contributed by atoms with Crippen molar-refractivity contribution in [2.24, 2.45) is 0 Å². The van der Waals surface area contributed by atoms with Crippen molar-refractivity contribution in [1.29, 1.82) is 0 Å². The van der Waals surface area contributed by atoms with Crippen molar-refractivity contribution >= 4 is 17.0 Å². The van der Waals surface area contributed by atoms with Crippen LogP contribution >= 0.6 is 0 Å². The fraction of sp³-hybridized carbons (Fsp3) is 0.233. The average Bonchev–Trinajstić information content (AvgIpc) is 3.52. The van der Waals surface area contributed by atoms with Gasteiger partial charge in [0.1, 0.15) is 11.3 Å². The van der Waals surface area contributed by atoms with Crippen molar-refractivity contribution in [3.8, 4) is 0 Å². The second-order valence-electron chi connectivity index (χ2n) is 9.55. The lowest BCUT2D eigenvalue weighted by molar-refractivity contribution is 0.534. The smallest absolute Gasteiger partial charge is 0.203 e. The van der Waals surface area contributed by atoms with Crippen molar-refractivity contribution in [2.45, 2.75) is 43.4 Å². The lowest BCUT2D eigenvalue weighted by Crippen LogP contribution is -2.06. The quantitative estimate of drug-likeness (QED) is 0.289. The Hall–Kier alpha value is -3.99. The Balaban J connectivity index is 1.26. The van der Waals surface area contributed by atoms with Crippen molar-refractivity contribution in [3.63, 3.8) is 0 Å². The average molecular weight is 460 g/mol. The Labute approximate surface area is 205 Å². The third-order valence-corrected chi connectivity index (χ3v) is 7.50. The van der Waals surface area contributed by atoms with Gasteiger partial charge in [-0.05, 0) is 59.1 Å². The second-order valence-corrected chi connectivity index (χ2v) is 9.55. The molecule has 1 aliphatic carbocycles. The van der Waals surface area contributed by atoms with E-state index in [1.54, 1.807) is 0 Å². The zero-order valence-corrected chi connectivity index (χ0v) is 19.6. The van der Waals surface area contributed by atoms with E-state index in [-0.39, 0.29) is 5.92 Å². The van der Waals surface area contributed by atoms with Gasteiger partial charge < -0.3 is 5.73 Å². The largest absolute Gasteiger partial charge is 0.384 e. The number of H-pyrrole nitrogens is 1. The van der Waals surface area contributed by atoms with Crippen molar-refractivity contribution in [1.82, 2.24) is 20.4 Å². The van der Waals surface area contributed by atoms with Gasteiger partial charge in [0.2, 0.25) is 5.65 Å². The molecule has 6 rings (SSSR count). The van der Waals surface area contributed by atoms with E-state index in [0.29, 0.717) is 23.3 Å². The summed E-state index contributed by atoms with van der Waals surface area (Å²) >= 11 is 0. The molecule has 0 saturated heterocycles. The molecular weight excluding hydrogens is 430 g/mol. The Morgan fingerprint density at radius 2 is 1.57 bits per heavy atom. The maximum absolute atomic E-state index is 6.16. The molecule has 0 aliphatic heterocycles. The molecule has 174 valence electrons. The Morgan fingerprint density at radius 1 is 0.857 bits per heavy atom. The summed E-state index contributed by atoms with van der Waals surface area (Å²) in [5.74, 6) is 1.73. The monoisotopic (exact) mass is 459 g/mol. The van der Waals surface area contributed by atoms with Gasteiger partial charge in [-0.25, -0.2) is 4.98 Å². The number of rotatable bonds is 7. The Morgan fingerprint density at radius 3 is 2.37 bits per heavy atom. The topological polar surface area (TPSA) is 80.5 Å². The molecule has 0 fully saturated rings. The van der Waals surface area contributed by atoms with Gasteiger partial charge in [-0.3, -0.25) is 0 Å². The summed E-state index contributed by atoms with van der Waals surface area (Å²) < 4.78 is 0. The number of nitrogen functional groups attached to an aromatic ring is 1. The van der Waals surface area contributed by atoms with Gasteiger partial charge in [0.15, 0.2) is 0 Å². The molecule has 0 radical (unpaired) electrons. The minimum Gasteiger partial charge on any atom is -0.384 e. The fourth-order valence-corrected chi connectivity index (χ4v) is 5.91. The number of nitrogens with zero attached hydrogens (tertiary/aromatic N) is 3. The summed E-state index contributed by atoms with van der Waals surface area (Å²) in [4.78, 5) is 4.35. The predicted molar refractivity (Wildman–Crippen MR) is 140 cm³/mol. The van der Waals surface area contributed by atoms with Crippen LogP contribution in [0.25, 0.3) is 11.2 Å². The summed E-state index contributed by atoms with van der Waals surface area (Å²) in [6, 6.07) is 32.6. The van der Waals surface area contributed by atoms with Crippen LogP contribution < -0.4 is 5.73 Å². The van der Waals surface area contributed by atoms with Crippen LogP contribution in [0.4, 0.5) is 5.82 Å². The van der Waals surface area contributed by atoms with Crippen LogP contribution in [0.2, 0.25) is 0 Å². The molecule has 5 nitrogen and oxygen atoms in total. The molecule has 2 heterocycles. The molecular formula is C30H29N5. The maximum atomic E-state index is 6.16. The first-order valence-corrected chi connectivity index (χ1v) is 12.4. The fourth-order valence-electron chi connectivity index (χ4n) is 5.91. The third kappa shape index (κ3) is 4.18. The normalized spacial score (nSPS) is 17.9. The highest BCUT2D eigenvalue weighted by Crippen LogP contribution is 2.47. The molecule has 2 aromatic heterocycles. The SMILES string of the molecule is Nc1cc(C(CCC[C@@H]2C[C@H](c3ccccc3)c3ccccc32)c2ccccc2)c2n[nH]nc2n1. The molecule has 5 aromatic rings. The summed E-state index contributed by atoms with van der Waals surface area (Å²) in [5, 5.41) is 11.3. The molecule has 35 heavy (non-hydrogen) atoms. The molecule has 1 unspecified atom stereocenters. The highest BCUT2D eigenvalue weighted by molar-refractivity contribution is 5.77. The number of nitrogens with two attached hydrogens (primary N) is 1. The minimum absolute atomic E-state index is 0.190. The van der Waals surface area contributed by atoms with Gasteiger partial charge in [0, 0.05) is 11.8 Å². The molecule has 3 aromatic carbocycles. The Kier molecular flexibility index (Phi) is 5.75. The van der Waals surface area contributed by atoms with Crippen molar-refractivity contribution in [2.75, 3.05) is 5.73 Å². The molecule has 3 atom stereocenters. The van der Waals surface area contributed by atoms with Crippen LogP contribution in [-0.4, -0.2) is 20.4 Å². The lowest BCUT2D eigenvalue weighted by atomic mass is 9.84. The predicted octanol–water partition coefficient (Wildman–Crippen LogP) is 6.56. The minimum atomic E-state index is 0.190. The summed E-state index contributed by atoms with van der Waals surface area (Å²) in [6.07, 6.45) is 4.47. The molecule has 0 saturated carbocycles. The third-order valence-electron chi connectivity index (χ3n) is 7.50. The Bertz CT molecular complexity index is 1430. The van der Waals surface area contributed by atoms with Crippen LogP contribution in [0, 0.1) is 0 Å². The van der Waals surface area contributed by atoms with E-state index in [2.05, 4.69) is 105 Å². The van der Waals surface area contributed by atoms with Gasteiger partial charge in [-0.15, -0.1) is 5.10 Å². The van der Waals surface area contributed by atoms with E-state index in [9.17, 15) is 0 Å². The van der Waals surface area contributed by atoms with Crippen molar-refractivity contribution in [3.05, 3.63) is 119 Å². The van der Waals surface area contributed by atoms with Gasteiger partial charge in [0.25, 0.3) is 0 Å². The first-order valence-electron chi connectivity index (χ1n) is 12.4. The van der Waals surface area contributed by atoms with Crippen molar-refractivity contribution < 1.29 is 0 Å². The standard InChI is InChI=1S/C30H29N5/c31-28-19-27(29-30(32-28)34-35-33-29)23(20-10-3-1-4-11-20)17-9-14-22-18-26(21-12-5-2-6-13-21)25-16-8-7-15-24(22)25/h1-8,10-13,15-16,19,22-23,26H,9,14,17-18H2,(H3,31,32,33,34,35)/t22-,23?,26-/m1/s1. The van der Waals surface area contributed by atoms with Crippen LogP contribution in [0.15, 0.2) is 91.0 Å². The van der Waals surface area contributed by atoms with E-state index < -0.39 is 0 Å². The molecule has 0 spiro atoms. The highest BCUT2D eigenvalue weighted by atomic mass is 15.3. The molecule has 0 bridgehead atoms. The number of hydrogen-bond donors (Lipinski definition) is 2. The van der Waals surface area contributed by atoms with E-state index in [1.807, 2.05) is 6.07 Å². The molecule has 0 amide bonds. The molecule has 5 heteroatoms. The number of aromatic nitrogens is 4. The highest BCUT2D eigenvalue weighted by Gasteiger charge is 2.31. The number of fused-ring (bicyclic) bond motifs is 2. The van der Waals surface area contributed by atoms with Gasteiger partial charge in [-0.2, -0.15) is 10.3 Å². The van der Waals surface area contributed by atoms with E-state index >= 15 is 0 Å². The summed E-state index contributed by atoms with van der Waals surface area (Å²) in [7, 11) is 0. The zero-order valence-electron chi connectivity index (χ0n) is 19.6. The van der Waals surface area contributed by atoms with Crippen LogP contribution in [0.3, 0.4) is 0 Å². The molecule has 1 aliphatic rings. The number of benzene rings is 3. The maximum Gasteiger partial charge on any atom is 0.203 e. The number of anilines is 1. The zero-order chi connectivity index (χ0) is 23.6. The van der Waals surface area contributed by atoms with E-state index in [1.165, 1.54) is 28.7 Å². The van der Waals surface area contributed by atoms with E-state index in [0.717, 1.165) is 30.3 Å². The van der Waals surface area contributed by atoms with Crippen LogP contribution in [0.5, 0.6) is 0 Å². The van der Waals surface area contributed by atoms with Crippen LogP contribution in [0.1, 0.15) is 71.3 Å². The lowest BCUT2D eigenvalue weighted by Gasteiger charge is -2.20. The second kappa shape index (κ2) is 9.34. The number of pyridine rings is 1. The first kappa shape index (κ1) is 21.5.